The van der Waals surface area contributed by atoms with Gasteiger partial charge in [-0.2, -0.15) is 0 Å². The quantitative estimate of drug-likeness (QED) is 0.603. The minimum absolute atomic E-state index is 0.0390. The predicted octanol–water partition coefficient (Wildman–Crippen LogP) is 4.79. The van der Waals surface area contributed by atoms with Gasteiger partial charge >= 0.3 is 0 Å². The van der Waals surface area contributed by atoms with Crippen molar-refractivity contribution < 1.29 is 9.21 Å². The van der Waals surface area contributed by atoms with Crippen molar-refractivity contribution in [1.82, 2.24) is 10.2 Å². The maximum absolute atomic E-state index is 12.2. The van der Waals surface area contributed by atoms with E-state index in [4.69, 9.17) is 4.42 Å². The second kappa shape index (κ2) is 9.57. The van der Waals surface area contributed by atoms with Crippen molar-refractivity contribution in [2.45, 2.75) is 38.8 Å². The van der Waals surface area contributed by atoms with Crippen LogP contribution in [-0.2, 0) is 24.3 Å². The van der Waals surface area contributed by atoms with Crippen LogP contribution < -0.4 is 5.32 Å². The average molecular weight is 389 g/mol. The van der Waals surface area contributed by atoms with Gasteiger partial charge in [-0.3, -0.25) is 9.69 Å². The number of nitrogens with zero attached hydrogens (tertiary/aromatic N) is 1. The van der Waals surface area contributed by atoms with Gasteiger partial charge in [0.15, 0.2) is 0 Å². The summed E-state index contributed by atoms with van der Waals surface area (Å²) < 4.78 is 5.29. The van der Waals surface area contributed by atoms with Crippen LogP contribution >= 0.6 is 0 Å². The Balaban J connectivity index is 1.36. The molecule has 4 heteroatoms. The first-order chi connectivity index (χ1) is 14.3. The van der Waals surface area contributed by atoms with Crippen LogP contribution in [-0.4, -0.2) is 23.9 Å². The molecule has 4 rings (SSSR count). The lowest BCUT2D eigenvalue weighted by Crippen LogP contribution is -2.23. The summed E-state index contributed by atoms with van der Waals surface area (Å²) in [4.78, 5) is 14.7. The Labute approximate surface area is 172 Å². The molecule has 3 aromatic rings. The summed E-state index contributed by atoms with van der Waals surface area (Å²) >= 11 is 0. The van der Waals surface area contributed by atoms with E-state index in [1.165, 1.54) is 42.6 Å². The lowest BCUT2D eigenvalue weighted by molar-refractivity contribution is -0.121. The van der Waals surface area contributed by atoms with Crippen LogP contribution in [0, 0.1) is 0 Å². The van der Waals surface area contributed by atoms with Gasteiger partial charge in [-0.05, 0) is 60.3 Å². The first-order valence-electron chi connectivity index (χ1n) is 10.5. The molecular formula is C25H28N2O2. The molecule has 0 atom stereocenters. The van der Waals surface area contributed by atoms with E-state index < -0.39 is 0 Å². The molecule has 1 saturated heterocycles. The van der Waals surface area contributed by atoms with Crippen molar-refractivity contribution in [3.8, 4) is 11.1 Å². The number of likely N-dealkylation sites (tertiary alicyclic amines) is 1. The molecule has 1 aliphatic heterocycles. The van der Waals surface area contributed by atoms with Crippen LogP contribution in [0.25, 0.3) is 11.1 Å². The maximum Gasteiger partial charge on any atom is 0.220 e. The molecule has 1 aromatic heterocycles. The topological polar surface area (TPSA) is 45.5 Å². The number of furan rings is 1. The summed E-state index contributed by atoms with van der Waals surface area (Å²) in [6, 6.07) is 20.9. The summed E-state index contributed by atoms with van der Waals surface area (Å²) in [5, 5.41) is 3.04. The van der Waals surface area contributed by atoms with Crippen LogP contribution in [0.3, 0.4) is 0 Å². The van der Waals surface area contributed by atoms with E-state index >= 15 is 0 Å². The fourth-order valence-corrected chi connectivity index (χ4v) is 3.92. The van der Waals surface area contributed by atoms with E-state index in [-0.39, 0.29) is 5.91 Å². The Morgan fingerprint density at radius 1 is 0.966 bits per heavy atom. The molecular weight excluding hydrogens is 360 g/mol. The van der Waals surface area contributed by atoms with Crippen molar-refractivity contribution in [1.29, 1.82) is 0 Å². The highest BCUT2D eigenvalue weighted by Gasteiger charge is 2.12. The van der Waals surface area contributed by atoms with Crippen molar-refractivity contribution in [3.05, 3.63) is 83.8 Å². The van der Waals surface area contributed by atoms with Crippen molar-refractivity contribution >= 4 is 5.91 Å². The Bertz CT molecular complexity index is 910. The van der Waals surface area contributed by atoms with Crippen LogP contribution in [0.4, 0.5) is 0 Å². The molecule has 1 N–H and O–H groups in total. The van der Waals surface area contributed by atoms with Gasteiger partial charge in [0.05, 0.1) is 6.26 Å². The summed E-state index contributed by atoms with van der Waals surface area (Å²) in [5.41, 5.74) is 4.85. The minimum atomic E-state index is 0.0390. The molecule has 29 heavy (non-hydrogen) atoms. The standard InChI is InChI=1S/C25H28N2O2/c28-25(14-13-23-7-5-17-29-23)26-18-22-6-1-2-8-24(22)21-11-9-20(10-12-21)19-27-15-3-4-16-27/h1-2,5-12,17H,3-4,13-16,18-19H2,(H,26,28). The number of carbonyl (C=O) groups is 1. The Hall–Kier alpha value is -2.85. The second-order valence-corrected chi connectivity index (χ2v) is 7.69. The van der Waals surface area contributed by atoms with Gasteiger partial charge < -0.3 is 9.73 Å². The molecule has 0 spiro atoms. The van der Waals surface area contributed by atoms with Gasteiger partial charge in [-0.15, -0.1) is 0 Å². The van der Waals surface area contributed by atoms with Crippen molar-refractivity contribution in [2.75, 3.05) is 13.1 Å². The highest BCUT2D eigenvalue weighted by atomic mass is 16.3. The number of nitrogens with one attached hydrogen (secondary N) is 1. The number of benzene rings is 2. The van der Waals surface area contributed by atoms with Gasteiger partial charge in [-0.1, -0.05) is 48.5 Å². The van der Waals surface area contributed by atoms with Crippen LogP contribution in [0.15, 0.2) is 71.3 Å². The fraction of sp³-hybridized carbons (Fsp3) is 0.320. The Kier molecular flexibility index (Phi) is 6.42. The molecule has 0 radical (unpaired) electrons. The van der Waals surface area contributed by atoms with Crippen LogP contribution in [0.5, 0.6) is 0 Å². The van der Waals surface area contributed by atoms with E-state index in [9.17, 15) is 4.79 Å². The SMILES string of the molecule is O=C(CCc1ccco1)NCc1ccccc1-c1ccc(CN2CCCC2)cc1. The third-order valence-corrected chi connectivity index (χ3v) is 5.54. The molecule has 1 amide bonds. The molecule has 0 bridgehead atoms. The monoisotopic (exact) mass is 388 g/mol. The lowest BCUT2D eigenvalue weighted by Gasteiger charge is -2.15. The summed E-state index contributed by atoms with van der Waals surface area (Å²) in [6.45, 7) is 3.99. The van der Waals surface area contributed by atoms with E-state index in [2.05, 4.69) is 52.7 Å². The number of carbonyl (C=O) groups excluding carboxylic acids is 1. The van der Waals surface area contributed by atoms with E-state index in [1.807, 2.05) is 18.2 Å². The third kappa shape index (κ3) is 5.36. The largest absolute Gasteiger partial charge is 0.469 e. The number of hydrogen-bond acceptors (Lipinski definition) is 3. The zero-order chi connectivity index (χ0) is 19.9. The predicted molar refractivity (Wildman–Crippen MR) is 115 cm³/mol. The third-order valence-electron chi connectivity index (χ3n) is 5.54. The molecule has 150 valence electrons. The highest BCUT2D eigenvalue weighted by molar-refractivity contribution is 5.76. The van der Waals surface area contributed by atoms with E-state index in [1.54, 1.807) is 6.26 Å². The zero-order valence-electron chi connectivity index (χ0n) is 16.8. The number of aryl methyl sites for hydroxylation is 1. The molecule has 4 nitrogen and oxygen atoms in total. The van der Waals surface area contributed by atoms with Gasteiger partial charge in [0, 0.05) is 25.9 Å². The molecule has 2 heterocycles. The van der Waals surface area contributed by atoms with Crippen molar-refractivity contribution in [2.24, 2.45) is 0 Å². The Morgan fingerprint density at radius 2 is 1.76 bits per heavy atom. The summed E-state index contributed by atoms with van der Waals surface area (Å²) in [5.74, 6) is 0.881. The van der Waals surface area contributed by atoms with Crippen molar-refractivity contribution in [3.63, 3.8) is 0 Å². The number of rotatable bonds is 8. The second-order valence-electron chi connectivity index (χ2n) is 7.69. The normalized spacial score (nSPS) is 14.2. The molecule has 0 unspecified atom stereocenters. The smallest absolute Gasteiger partial charge is 0.220 e. The first kappa shape index (κ1) is 19.5. The lowest BCUT2D eigenvalue weighted by atomic mass is 9.98. The average Bonchev–Trinajstić information content (AvgIpc) is 3.46. The van der Waals surface area contributed by atoms with E-state index in [0.29, 0.717) is 19.4 Å². The zero-order valence-corrected chi connectivity index (χ0v) is 16.8. The highest BCUT2D eigenvalue weighted by Crippen LogP contribution is 2.25. The fourth-order valence-electron chi connectivity index (χ4n) is 3.92. The molecule has 0 saturated carbocycles. The van der Waals surface area contributed by atoms with Gasteiger partial charge in [0.2, 0.25) is 5.91 Å². The molecule has 2 aromatic carbocycles. The molecule has 1 aliphatic rings. The van der Waals surface area contributed by atoms with E-state index in [0.717, 1.165) is 17.9 Å². The summed E-state index contributed by atoms with van der Waals surface area (Å²) in [7, 11) is 0. The number of amides is 1. The van der Waals surface area contributed by atoms with Crippen LogP contribution in [0.2, 0.25) is 0 Å². The molecule has 0 aliphatic carbocycles. The van der Waals surface area contributed by atoms with Gasteiger partial charge in [-0.25, -0.2) is 0 Å². The van der Waals surface area contributed by atoms with Gasteiger partial charge in [0.25, 0.3) is 0 Å². The van der Waals surface area contributed by atoms with Crippen LogP contribution in [0.1, 0.15) is 36.1 Å². The first-order valence-corrected chi connectivity index (χ1v) is 10.5. The molecule has 1 fully saturated rings. The number of hydrogen-bond donors (Lipinski definition) is 1. The maximum atomic E-state index is 12.2. The summed E-state index contributed by atoms with van der Waals surface area (Å²) in [6.07, 6.45) is 5.33. The Morgan fingerprint density at radius 3 is 2.52 bits per heavy atom. The van der Waals surface area contributed by atoms with Gasteiger partial charge in [0.1, 0.15) is 5.76 Å². The minimum Gasteiger partial charge on any atom is -0.469 e.